The molecular weight excluding hydrogens is 607 g/mol. The van der Waals surface area contributed by atoms with Crippen LogP contribution in [0.2, 0.25) is 0 Å². The number of aromatic nitrogens is 3. The third-order valence-corrected chi connectivity index (χ3v) is 10.5. The first-order valence-corrected chi connectivity index (χ1v) is 17.1. The lowest BCUT2D eigenvalue weighted by molar-refractivity contribution is 1.19. The minimum Gasteiger partial charge on any atom is -0.309 e. The third-order valence-electron chi connectivity index (χ3n) is 10.5. The first-order chi connectivity index (χ1) is 24.8. The molecule has 11 aromatic rings. The molecule has 50 heavy (non-hydrogen) atoms. The Labute approximate surface area is 287 Å². The van der Waals surface area contributed by atoms with Crippen molar-refractivity contribution < 1.29 is 0 Å². The lowest BCUT2D eigenvalue weighted by atomic mass is 9.99. The Balaban J connectivity index is 1.18. The van der Waals surface area contributed by atoms with E-state index in [1.165, 1.54) is 65.6 Å². The lowest BCUT2D eigenvalue weighted by Crippen LogP contribution is -1.97. The molecule has 0 atom stereocenters. The number of benzene rings is 8. The summed E-state index contributed by atoms with van der Waals surface area (Å²) in [7, 11) is 0. The number of rotatable bonds is 3. The third kappa shape index (κ3) is 3.89. The average Bonchev–Trinajstić information content (AvgIpc) is 3.75. The molecule has 3 heterocycles. The van der Waals surface area contributed by atoms with Crippen LogP contribution in [0, 0.1) is 0 Å². The molecule has 8 aromatic carbocycles. The van der Waals surface area contributed by atoms with Gasteiger partial charge in [-0.2, -0.15) is 0 Å². The molecule has 0 saturated carbocycles. The van der Waals surface area contributed by atoms with Gasteiger partial charge in [0.2, 0.25) is 0 Å². The molecule has 0 unspecified atom stereocenters. The Morgan fingerprint density at radius 2 is 1.02 bits per heavy atom. The van der Waals surface area contributed by atoms with Crippen molar-refractivity contribution in [1.82, 2.24) is 14.0 Å². The monoisotopic (exact) mass is 635 g/mol. The molecular formula is C47H29N3. The number of pyridine rings is 1. The highest BCUT2D eigenvalue weighted by Gasteiger charge is 2.19. The van der Waals surface area contributed by atoms with Gasteiger partial charge in [0.05, 0.1) is 27.6 Å². The lowest BCUT2D eigenvalue weighted by Gasteiger charge is -2.14. The van der Waals surface area contributed by atoms with Crippen molar-refractivity contribution in [3.05, 3.63) is 176 Å². The molecule has 0 fully saturated rings. The number of nitrogens with zero attached hydrogens (tertiary/aromatic N) is 3. The highest BCUT2D eigenvalue weighted by atomic mass is 15.0. The van der Waals surface area contributed by atoms with E-state index in [2.05, 4.69) is 185 Å². The highest BCUT2D eigenvalue weighted by Crippen LogP contribution is 2.40. The van der Waals surface area contributed by atoms with Gasteiger partial charge in [0, 0.05) is 32.6 Å². The fourth-order valence-electron chi connectivity index (χ4n) is 8.15. The summed E-state index contributed by atoms with van der Waals surface area (Å²) in [6.45, 7) is 0. The van der Waals surface area contributed by atoms with Crippen molar-refractivity contribution in [2.75, 3.05) is 0 Å². The van der Waals surface area contributed by atoms with Crippen LogP contribution in [0.5, 0.6) is 0 Å². The van der Waals surface area contributed by atoms with Gasteiger partial charge in [-0.05, 0) is 81.6 Å². The van der Waals surface area contributed by atoms with Gasteiger partial charge in [-0.3, -0.25) is 4.40 Å². The molecule has 3 heteroatoms. The van der Waals surface area contributed by atoms with Crippen LogP contribution in [0.4, 0.5) is 0 Å². The number of fused-ring (bicyclic) bond motifs is 13. The second kappa shape index (κ2) is 10.4. The largest absolute Gasteiger partial charge is 0.309 e. The summed E-state index contributed by atoms with van der Waals surface area (Å²) >= 11 is 0. The molecule has 0 aliphatic carbocycles. The van der Waals surface area contributed by atoms with Gasteiger partial charge in [0.1, 0.15) is 5.65 Å². The maximum atomic E-state index is 5.14. The van der Waals surface area contributed by atoms with Crippen LogP contribution < -0.4 is 0 Å². The Hall–Kier alpha value is -6.71. The molecule has 0 N–H and O–H groups in total. The number of para-hydroxylation sites is 3. The molecule has 0 aliphatic heterocycles. The summed E-state index contributed by atoms with van der Waals surface area (Å²) in [5.74, 6) is 0. The second-order valence-electron chi connectivity index (χ2n) is 13.2. The molecule has 0 spiro atoms. The summed E-state index contributed by atoms with van der Waals surface area (Å²) in [5.41, 5.74) is 12.7. The Morgan fingerprint density at radius 1 is 0.360 bits per heavy atom. The summed E-state index contributed by atoms with van der Waals surface area (Å²) in [6, 6.07) is 63.8. The average molecular weight is 636 g/mol. The molecule has 0 saturated heterocycles. The van der Waals surface area contributed by atoms with E-state index >= 15 is 0 Å². The van der Waals surface area contributed by atoms with Crippen molar-refractivity contribution in [2.45, 2.75) is 0 Å². The van der Waals surface area contributed by atoms with Crippen LogP contribution in [-0.4, -0.2) is 14.0 Å². The highest BCUT2D eigenvalue weighted by molar-refractivity contribution is 6.20. The second-order valence-corrected chi connectivity index (χ2v) is 13.2. The zero-order valence-corrected chi connectivity index (χ0v) is 27.1. The van der Waals surface area contributed by atoms with Gasteiger partial charge >= 0.3 is 0 Å². The number of hydrogen-bond donors (Lipinski definition) is 0. The van der Waals surface area contributed by atoms with Crippen molar-refractivity contribution in [1.29, 1.82) is 0 Å². The number of imidazole rings is 1. The first-order valence-electron chi connectivity index (χ1n) is 17.1. The van der Waals surface area contributed by atoms with Gasteiger partial charge in [0.15, 0.2) is 0 Å². The molecule has 3 aromatic heterocycles. The van der Waals surface area contributed by atoms with Gasteiger partial charge in [-0.1, -0.05) is 127 Å². The molecule has 232 valence electrons. The minimum absolute atomic E-state index is 0.988. The maximum Gasteiger partial charge on any atom is 0.146 e. The van der Waals surface area contributed by atoms with E-state index in [1.807, 2.05) is 0 Å². The smallest absolute Gasteiger partial charge is 0.146 e. The van der Waals surface area contributed by atoms with E-state index < -0.39 is 0 Å². The van der Waals surface area contributed by atoms with E-state index in [0.29, 0.717) is 0 Å². The van der Waals surface area contributed by atoms with Crippen LogP contribution >= 0.6 is 0 Å². The van der Waals surface area contributed by atoms with Gasteiger partial charge in [-0.25, -0.2) is 4.98 Å². The van der Waals surface area contributed by atoms with Gasteiger partial charge in [-0.15, -0.1) is 0 Å². The van der Waals surface area contributed by atoms with Crippen molar-refractivity contribution in [3.63, 3.8) is 0 Å². The first kappa shape index (κ1) is 27.3. The Morgan fingerprint density at radius 3 is 1.88 bits per heavy atom. The van der Waals surface area contributed by atoms with Gasteiger partial charge < -0.3 is 4.57 Å². The van der Waals surface area contributed by atoms with Crippen molar-refractivity contribution in [3.8, 4) is 27.9 Å². The van der Waals surface area contributed by atoms with Crippen LogP contribution in [0.3, 0.4) is 0 Å². The Bertz CT molecular complexity index is 3130. The molecule has 0 bridgehead atoms. The topological polar surface area (TPSA) is 22.2 Å². The molecule has 0 radical (unpaired) electrons. The summed E-state index contributed by atoms with van der Waals surface area (Å²) in [5, 5.41) is 8.54. The van der Waals surface area contributed by atoms with Gasteiger partial charge in [0.25, 0.3) is 0 Å². The van der Waals surface area contributed by atoms with E-state index in [1.54, 1.807) is 0 Å². The quantitative estimate of drug-likeness (QED) is 0.177. The van der Waals surface area contributed by atoms with E-state index in [9.17, 15) is 0 Å². The predicted octanol–water partition coefficient (Wildman–Crippen LogP) is 12.4. The van der Waals surface area contributed by atoms with Crippen LogP contribution in [0.15, 0.2) is 176 Å². The predicted molar refractivity (Wildman–Crippen MR) is 210 cm³/mol. The molecule has 3 nitrogen and oxygen atoms in total. The van der Waals surface area contributed by atoms with E-state index in [0.717, 1.165) is 33.3 Å². The normalized spacial score (nSPS) is 12.0. The van der Waals surface area contributed by atoms with Crippen LogP contribution in [-0.2, 0) is 0 Å². The maximum absolute atomic E-state index is 5.14. The van der Waals surface area contributed by atoms with E-state index in [4.69, 9.17) is 4.98 Å². The summed E-state index contributed by atoms with van der Waals surface area (Å²) in [6.07, 6.45) is 0. The number of hydrogen-bond acceptors (Lipinski definition) is 1. The van der Waals surface area contributed by atoms with Crippen molar-refractivity contribution >= 4 is 70.9 Å². The fraction of sp³-hybridized carbons (Fsp3) is 0. The minimum atomic E-state index is 0.988. The van der Waals surface area contributed by atoms with Crippen LogP contribution in [0.25, 0.3) is 98.9 Å². The summed E-state index contributed by atoms with van der Waals surface area (Å²) in [4.78, 5) is 5.14. The summed E-state index contributed by atoms with van der Waals surface area (Å²) < 4.78 is 4.78. The molecule has 11 rings (SSSR count). The SMILES string of the molecule is c1ccc(-c2ccc(-c3ccc4c(c3)c3ccc5ccccc5c3n4-c3ccc4c(c3)c3ccccc3n3c5ccccc5nc43)cc2)cc1. The zero-order valence-electron chi connectivity index (χ0n) is 27.1. The molecule has 0 amide bonds. The standard InChI is InChI=1S/C47H29N3/c1-2-10-30(11-3-1)31-18-20-32(21-19-31)34-23-27-44-41(28-34)38-25-22-33-12-4-5-13-36(33)46(38)49(44)35-24-26-39-40(29-35)37-14-6-8-16-43(37)50-45-17-9-7-15-42(45)48-47(39)50/h1-29H. The fourth-order valence-corrected chi connectivity index (χ4v) is 8.15. The van der Waals surface area contributed by atoms with Crippen LogP contribution in [0.1, 0.15) is 0 Å². The molecule has 0 aliphatic rings. The van der Waals surface area contributed by atoms with E-state index in [-0.39, 0.29) is 0 Å². The Kier molecular flexibility index (Phi) is 5.67. The zero-order chi connectivity index (χ0) is 32.8. The van der Waals surface area contributed by atoms with Crippen molar-refractivity contribution in [2.24, 2.45) is 0 Å².